The maximum absolute atomic E-state index is 12.4. The molecule has 1 heterocycles. The van der Waals surface area contributed by atoms with Crippen molar-refractivity contribution in [3.05, 3.63) is 34.0 Å². The van der Waals surface area contributed by atoms with E-state index in [0.29, 0.717) is 21.8 Å². The smallest absolute Gasteiger partial charge is 0.295 e. The molecular formula is C17H19ClF2N2O2. The standard InChI is InChI=1S/C17H19ClF2N2O2/c1-8(4-5-13(23)16(19)20)14-10-6-9(2)11(18)7-12(10)22-15(14)17(24)21-3/h6-8,16,22H,4-5H2,1-3H3,(H,21,24)/t8-/m0/s1. The number of hydrogen-bond acceptors (Lipinski definition) is 2. The Bertz CT molecular complexity index is 786. The first-order valence-electron chi connectivity index (χ1n) is 7.60. The molecule has 0 bridgehead atoms. The van der Waals surface area contributed by atoms with Gasteiger partial charge in [-0.15, -0.1) is 0 Å². The number of H-pyrrole nitrogens is 1. The molecule has 0 aliphatic carbocycles. The van der Waals surface area contributed by atoms with Gasteiger partial charge < -0.3 is 10.3 Å². The van der Waals surface area contributed by atoms with Crippen LogP contribution in [0, 0.1) is 6.92 Å². The lowest BCUT2D eigenvalue weighted by Gasteiger charge is -2.13. The Labute approximate surface area is 143 Å². The van der Waals surface area contributed by atoms with E-state index in [2.05, 4.69) is 10.3 Å². The summed E-state index contributed by atoms with van der Waals surface area (Å²) in [6, 6.07) is 3.60. The van der Waals surface area contributed by atoms with E-state index >= 15 is 0 Å². The van der Waals surface area contributed by atoms with E-state index < -0.39 is 12.2 Å². The monoisotopic (exact) mass is 356 g/mol. The number of aromatic nitrogens is 1. The first-order valence-corrected chi connectivity index (χ1v) is 7.98. The molecule has 2 aromatic rings. The average molecular weight is 357 g/mol. The van der Waals surface area contributed by atoms with E-state index in [4.69, 9.17) is 11.6 Å². The van der Waals surface area contributed by atoms with Gasteiger partial charge in [-0.3, -0.25) is 9.59 Å². The van der Waals surface area contributed by atoms with Crippen molar-refractivity contribution in [1.29, 1.82) is 0 Å². The molecule has 0 fully saturated rings. The minimum atomic E-state index is -2.96. The van der Waals surface area contributed by atoms with Gasteiger partial charge in [-0.1, -0.05) is 18.5 Å². The Morgan fingerprint density at radius 2 is 2.00 bits per heavy atom. The molecule has 0 saturated heterocycles. The van der Waals surface area contributed by atoms with Crippen LogP contribution in [0.2, 0.25) is 5.02 Å². The average Bonchev–Trinajstić information content (AvgIpc) is 2.90. The maximum Gasteiger partial charge on any atom is 0.295 e. The van der Waals surface area contributed by atoms with Crippen LogP contribution in [-0.4, -0.2) is 30.1 Å². The number of ketones is 1. The number of amides is 1. The van der Waals surface area contributed by atoms with Crippen molar-refractivity contribution in [2.45, 2.75) is 39.0 Å². The van der Waals surface area contributed by atoms with Crippen molar-refractivity contribution in [2.75, 3.05) is 7.05 Å². The zero-order valence-electron chi connectivity index (χ0n) is 13.7. The zero-order chi connectivity index (χ0) is 18.0. The second-order valence-corrected chi connectivity index (χ2v) is 6.25. The Kier molecular flexibility index (Phi) is 5.59. The lowest BCUT2D eigenvalue weighted by molar-refractivity contribution is -0.129. The fourth-order valence-electron chi connectivity index (χ4n) is 2.77. The summed E-state index contributed by atoms with van der Waals surface area (Å²) < 4.78 is 24.8. The van der Waals surface area contributed by atoms with E-state index in [1.165, 1.54) is 7.05 Å². The number of aryl methyl sites for hydroxylation is 1. The summed E-state index contributed by atoms with van der Waals surface area (Å²) in [5, 5.41) is 3.94. The van der Waals surface area contributed by atoms with E-state index in [1.54, 1.807) is 6.07 Å². The SMILES string of the molecule is CNC(=O)c1[nH]c2cc(Cl)c(C)cc2c1[C@@H](C)CCC(=O)C(F)F. The first kappa shape index (κ1) is 18.4. The van der Waals surface area contributed by atoms with Gasteiger partial charge in [0.1, 0.15) is 5.69 Å². The zero-order valence-corrected chi connectivity index (χ0v) is 14.4. The summed E-state index contributed by atoms with van der Waals surface area (Å²) >= 11 is 6.13. The van der Waals surface area contributed by atoms with Crippen LogP contribution >= 0.6 is 11.6 Å². The second kappa shape index (κ2) is 7.30. The van der Waals surface area contributed by atoms with Gasteiger partial charge in [-0.25, -0.2) is 8.78 Å². The molecule has 0 aliphatic heterocycles. The largest absolute Gasteiger partial charge is 0.354 e. The Hall–Kier alpha value is -1.95. The fourth-order valence-corrected chi connectivity index (χ4v) is 2.94. The molecule has 0 saturated carbocycles. The number of aromatic amines is 1. The normalized spacial score (nSPS) is 12.6. The number of alkyl halides is 2. The van der Waals surface area contributed by atoms with Crippen molar-refractivity contribution >= 4 is 34.2 Å². The number of carbonyl (C=O) groups is 2. The highest BCUT2D eigenvalue weighted by atomic mass is 35.5. The Morgan fingerprint density at radius 3 is 2.58 bits per heavy atom. The summed E-state index contributed by atoms with van der Waals surface area (Å²) in [6.45, 7) is 3.67. The summed E-state index contributed by atoms with van der Waals surface area (Å²) in [4.78, 5) is 26.4. The van der Waals surface area contributed by atoms with E-state index in [9.17, 15) is 18.4 Å². The number of rotatable bonds is 6. The van der Waals surface area contributed by atoms with E-state index in [-0.39, 0.29) is 24.7 Å². The number of Topliss-reactive ketones (excluding diaryl/α,β-unsaturated/α-hetero) is 1. The quantitative estimate of drug-likeness (QED) is 0.814. The van der Waals surface area contributed by atoms with Gasteiger partial charge in [0.15, 0.2) is 5.78 Å². The van der Waals surface area contributed by atoms with Gasteiger partial charge >= 0.3 is 0 Å². The van der Waals surface area contributed by atoms with Crippen LogP contribution in [0.15, 0.2) is 12.1 Å². The molecule has 0 spiro atoms. The summed E-state index contributed by atoms with van der Waals surface area (Å²) in [7, 11) is 1.51. The van der Waals surface area contributed by atoms with Crippen LogP contribution in [0.4, 0.5) is 8.78 Å². The molecule has 0 unspecified atom stereocenters. The van der Waals surface area contributed by atoms with E-state index in [1.807, 2.05) is 19.9 Å². The molecule has 4 nitrogen and oxygen atoms in total. The minimum absolute atomic E-state index is 0.231. The fraction of sp³-hybridized carbons (Fsp3) is 0.412. The molecule has 2 N–H and O–H groups in total. The van der Waals surface area contributed by atoms with Crippen LogP contribution in [0.1, 0.15) is 47.3 Å². The molecule has 1 aromatic carbocycles. The number of benzene rings is 1. The maximum atomic E-state index is 12.4. The Morgan fingerprint density at radius 1 is 1.33 bits per heavy atom. The molecular weight excluding hydrogens is 338 g/mol. The third-order valence-corrected chi connectivity index (χ3v) is 4.54. The predicted octanol–water partition coefficient (Wildman–Crippen LogP) is 4.21. The summed E-state index contributed by atoms with van der Waals surface area (Å²) in [5.41, 5.74) is 2.63. The van der Waals surface area contributed by atoms with Gasteiger partial charge in [-0.2, -0.15) is 0 Å². The molecule has 1 atom stereocenters. The van der Waals surface area contributed by atoms with Crippen molar-refractivity contribution < 1.29 is 18.4 Å². The molecule has 130 valence electrons. The number of hydrogen-bond donors (Lipinski definition) is 2. The number of fused-ring (bicyclic) bond motifs is 1. The molecule has 24 heavy (non-hydrogen) atoms. The Balaban J connectivity index is 2.47. The van der Waals surface area contributed by atoms with Crippen LogP contribution in [0.5, 0.6) is 0 Å². The lowest BCUT2D eigenvalue weighted by atomic mass is 9.92. The van der Waals surface area contributed by atoms with Gasteiger partial charge in [0.25, 0.3) is 12.3 Å². The molecule has 2 rings (SSSR count). The third-order valence-electron chi connectivity index (χ3n) is 4.13. The first-order chi connectivity index (χ1) is 11.3. The molecule has 1 aromatic heterocycles. The van der Waals surface area contributed by atoms with Crippen LogP contribution < -0.4 is 5.32 Å². The molecule has 0 radical (unpaired) electrons. The van der Waals surface area contributed by atoms with Crippen LogP contribution in [0.25, 0.3) is 10.9 Å². The lowest BCUT2D eigenvalue weighted by Crippen LogP contribution is -2.20. The van der Waals surface area contributed by atoms with Crippen LogP contribution in [0.3, 0.4) is 0 Å². The number of nitrogens with one attached hydrogen (secondary N) is 2. The van der Waals surface area contributed by atoms with Gasteiger partial charge in [0.05, 0.1) is 0 Å². The van der Waals surface area contributed by atoms with Crippen molar-refractivity contribution in [3.63, 3.8) is 0 Å². The molecule has 0 aliphatic rings. The highest BCUT2D eigenvalue weighted by Gasteiger charge is 2.24. The molecule has 7 heteroatoms. The van der Waals surface area contributed by atoms with Crippen molar-refractivity contribution in [1.82, 2.24) is 10.3 Å². The van der Waals surface area contributed by atoms with Crippen molar-refractivity contribution in [2.24, 2.45) is 0 Å². The summed E-state index contributed by atoms with van der Waals surface area (Å²) in [6.07, 6.45) is -2.95. The highest BCUT2D eigenvalue weighted by Crippen LogP contribution is 2.34. The van der Waals surface area contributed by atoms with Gasteiger partial charge in [0, 0.05) is 29.4 Å². The van der Waals surface area contributed by atoms with Crippen LogP contribution in [-0.2, 0) is 4.79 Å². The minimum Gasteiger partial charge on any atom is -0.354 e. The second-order valence-electron chi connectivity index (χ2n) is 5.85. The van der Waals surface area contributed by atoms with E-state index in [0.717, 1.165) is 10.9 Å². The predicted molar refractivity (Wildman–Crippen MR) is 90.1 cm³/mol. The van der Waals surface area contributed by atoms with Crippen molar-refractivity contribution in [3.8, 4) is 0 Å². The summed E-state index contributed by atoms with van der Waals surface area (Å²) in [5.74, 6) is -1.63. The number of halogens is 3. The molecule has 1 amide bonds. The van der Waals surface area contributed by atoms with Gasteiger partial charge in [0.2, 0.25) is 0 Å². The van der Waals surface area contributed by atoms with Gasteiger partial charge in [-0.05, 0) is 42.5 Å². The third kappa shape index (κ3) is 3.59. The number of carbonyl (C=O) groups excluding carboxylic acids is 2. The topological polar surface area (TPSA) is 62.0 Å². The highest BCUT2D eigenvalue weighted by molar-refractivity contribution is 6.32.